The smallest absolute Gasteiger partial charge is 0.0203 e. The molecule has 1 N–H and O–H groups in total. The highest BCUT2D eigenvalue weighted by molar-refractivity contribution is 5.01. The second-order valence-electron chi connectivity index (χ2n) is 6.34. The Hall–Kier alpha value is -0.380. The zero-order valence-electron chi connectivity index (χ0n) is 12.7. The van der Waals surface area contributed by atoms with Crippen LogP contribution in [0.25, 0.3) is 0 Å². The van der Waals surface area contributed by atoms with Crippen LogP contribution in [0.2, 0.25) is 0 Å². The SMILES string of the molecule is C=C(CNC1CC1)CN(CCN(C)C)CC(C)C. The molecule has 0 spiro atoms. The van der Waals surface area contributed by atoms with Crippen molar-refractivity contribution in [2.24, 2.45) is 5.92 Å². The van der Waals surface area contributed by atoms with E-state index in [0.29, 0.717) is 0 Å². The lowest BCUT2D eigenvalue weighted by molar-refractivity contribution is 0.233. The van der Waals surface area contributed by atoms with Gasteiger partial charge in [0.1, 0.15) is 0 Å². The Morgan fingerprint density at radius 3 is 2.44 bits per heavy atom. The summed E-state index contributed by atoms with van der Waals surface area (Å²) >= 11 is 0. The van der Waals surface area contributed by atoms with Crippen LogP contribution in [0.1, 0.15) is 26.7 Å². The largest absolute Gasteiger partial charge is 0.310 e. The second kappa shape index (κ2) is 7.93. The van der Waals surface area contributed by atoms with Gasteiger partial charge in [-0.2, -0.15) is 0 Å². The Bertz CT molecular complexity index is 244. The third-order valence-corrected chi connectivity index (χ3v) is 3.15. The molecule has 0 aliphatic heterocycles. The van der Waals surface area contributed by atoms with E-state index < -0.39 is 0 Å². The van der Waals surface area contributed by atoms with Gasteiger partial charge in [-0.1, -0.05) is 20.4 Å². The Morgan fingerprint density at radius 2 is 1.94 bits per heavy atom. The first kappa shape index (κ1) is 15.7. The van der Waals surface area contributed by atoms with E-state index in [9.17, 15) is 0 Å². The van der Waals surface area contributed by atoms with Crippen molar-refractivity contribution >= 4 is 0 Å². The molecule has 3 nitrogen and oxygen atoms in total. The highest BCUT2D eigenvalue weighted by Crippen LogP contribution is 2.18. The summed E-state index contributed by atoms with van der Waals surface area (Å²) < 4.78 is 0. The molecule has 106 valence electrons. The number of hydrogen-bond donors (Lipinski definition) is 1. The quantitative estimate of drug-likeness (QED) is 0.599. The van der Waals surface area contributed by atoms with E-state index in [1.54, 1.807) is 0 Å². The molecule has 0 aromatic heterocycles. The zero-order chi connectivity index (χ0) is 13.5. The lowest BCUT2D eigenvalue weighted by atomic mass is 10.2. The van der Waals surface area contributed by atoms with Gasteiger partial charge in [0.2, 0.25) is 0 Å². The minimum absolute atomic E-state index is 0.719. The molecule has 0 atom stereocenters. The molecule has 3 heteroatoms. The Balaban J connectivity index is 2.25. The van der Waals surface area contributed by atoms with Crippen molar-refractivity contribution in [3.8, 4) is 0 Å². The number of nitrogens with one attached hydrogen (secondary N) is 1. The van der Waals surface area contributed by atoms with Crippen molar-refractivity contribution in [1.29, 1.82) is 0 Å². The van der Waals surface area contributed by atoms with Gasteiger partial charge in [0, 0.05) is 38.8 Å². The molecule has 0 amide bonds. The molecule has 1 saturated carbocycles. The van der Waals surface area contributed by atoms with Gasteiger partial charge in [0.25, 0.3) is 0 Å². The van der Waals surface area contributed by atoms with E-state index in [0.717, 1.165) is 44.7 Å². The summed E-state index contributed by atoms with van der Waals surface area (Å²) in [5.74, 6) is 0.719. The molecule has 1 aliphatic carbocycles. The van der Waals surface area contributed by atoms with E-state index in [-0.39, 0.29) is 0 Å². The molecule has 0 heterocycles. The van der Waals surface area contributed by atoms with Gasteiger partial charge in [-0.15, -0.1) is 0 Å². The lowest BCUT2D eigenvalue weighted by Gasteiger charge is -2.26. The Morgan fingerprint density at radius 1 is 1.28 bits per heavy atom. The highest BCUT2D eigenvalue weighted by atomic mass is 15.2. The summed E-state index contributed by atoms with van der Waals surface area (Å²) in [5, 5.41) is 3.54. The van der Waals surface area contributed by atoms with Crippen LogP contribution < -0.4 is 5.32 Å². The predicted molar refractivity (Wildman–Crippen MR) is 80.0 cm³/mol. The van der Waals surface area contributed by atoms with Gasteiger partial charge in [-0.25, -0.2) is 0 Å². The van der Waals surface area contributed by atoms with E-state index in [1.165, 1.54) is 18.4 Å². The van der Waals surface area contributed by atoms with Crippen molar-refractivity contribution in [3.05, 3.63) is 12.2 Å². The minimum Gasteiger partial charge on any atom is -0.310 e. The van der Waals surface area contributed by atoms with E-state index >= 15 is 0 Å². The summed E-state index contributed by atoms with van der Waals surface area (Å²) in [7, 11) is 4.27. The first-order valence-electron chi connectivity index (χ1n) is 7.24. The summed E-state index contributed by atoms with van der Waals surface area (Å²) in [6.07, 6.45) is 2.70. The van der Waals surface area contributed by atoms with E-state index in [4.69, 9.17) is 0 Å². The predicted octanol–water partition coefficient (Wildman–Crippen LogP) is 1.81. The fraction of sp³-hybridized carbons (Fsp3) is 0.867. The minimum atomic E-state index is 0.719. The lowest BCUT2D eigenvalue weighted by Crippen LogP contribution is -2.37. The van der Waals surface area contributed by atoms with Crippen LogP contribution in [0.5, 0.6) is 0 Å². The highest BCUT2D eigenvalue weighted by Gasteiger charge is 2.20. The first-order valence-corrected chi connectivity index (χ1v) is 7.24. The Kier molecular flexibility index (Phi) is 6.90. The van der Waals surface area contributed by atoms with Crippen LogP contribution in [0.15, 0.2) is 12.2 Å². The molecular weight excluding hydrogens is 222 g/mol. The molecule has 0 radical (unpaired) electrons. The van der Waals surface area contributed by atoms with Gasteiger partial charge in [0.05, 0.1) is 0 Å². The maximum Gasteiger partial charge on any atom is 0.0203 e. The number of nitrogens with zero attached hydrogens (tertiary/aromatic N) is 2. The van der Waals surface area contributed by atoms with E-state index in [2.05, 4.69) is 49.6 Å². The molecule has 0 unspecified atom stereocenters. The molecule has 0 bridgehead atoms. The molecule has 1 rings (SSSR count). The van der Waals surface area contributed by atoms with Gasteiger partial charge in [-0.3, -0.25) is 4.90 Å². The van der Waals surface area contributed by atoms with Gasteiger partial charge < -0.3 is 10.2 Å². The van der Waals surface area contributed by atoms with Crippen molar-refractivity contribution in [2.45, 2.75) is 32.7 Å². The fourth-order valence-corrected chi connectivity index (χ4v) is 2.04. The van der Waals surface area contributed by atoms with Gasteiger partial charge >= 0.3 is 0 Å². The third-order valence-electron chi connectivity index (χ3n) is 3.15. The molecule has 0 aromatic carbocycles. The average Bonchev–Trinajstić information content (AvgIpc) is 3.06. The van der Waals surface area contributed by atoms with Crippen LogP contribution in [0, 0.1) is 5.92 Å². The second-order valence-corrected chi connectivity index (χ2v) is 6.34. The van der Waals surface area contributed by atoms with Gasteiger partial charge in [-0.05, 0) is 38.4 Å². The van der Waals surface area contributed by atoms with Crippen LogP contribution in [-0.4, -0.2) is 62.7 Å². The monoisotopic (exact) mass is 253 g/mol. The molecule has 1 aliphatic rings. The first-order chi connectivity index (χ1) is 8.47. The maximum atomic E-state index is 4.21. The number of likely N-dealkylation sites (N-methyl/N-ethyl adjacent to an activating group) is 1. The van der Waals surface area contributed by atoms with Gasteiger partial charge in [0.15, 0.2) is 0 Å². The summed E-state index contributed by atoms with van der Waals surface area (Å²) in [4.78, 5) is 4.78. The van der Waals surface area contributed by atoms with Crippen LogP contribution in [-0.2, 0) is 0 Å². The average molecular weight is 253 g/mol. The standard InChI is InChI=1S/C15H31N3/c1-13(2)11-18(9-8-17(4)5)12-14(3)10-16-15-6-7-15/h13,15-16H,3,6-12H2,1-2,4-5H3. The molecule has 0 aromatic rings. The normalized spacial score (nSPS) is 15.9. The van der Waals surface area contributed by atoms with Crippen LogP contribution >= 0.6 is 0 Å². The molecular formula is C15H31N3. The molecule has 0 saturated heterocycles. The molecule has 18 heavy (non-hydrogen) atoms. The van der Waals surface area contributed by atoms with Crippen LogP contribution in [0.3, 0.4) is 0 Å². The van der Waals surface area contributed by atoms with E-state index in [1.807, 2.05) is 0 Å². The summed E-state index contributed by atoms with van der Waals surface area (Å²) in [6, 6.07) is 0.780. The Labute approximate surface area is 113 Å². The summed E-state index contributed by atoms with van der Waals surface area (Å²) in [5.41, 5.74) is 1.32. The van der Waals surface area contributed by atoms with Crippen LogP contribution in [0.4, 0.5) is 0 Å². The zero-order valence-corrected chi connectivity index (χ0v) is 12.7. The summed E-state index contributed by atoms with van der Waals surface area (Å²) in [6.45, 7) is 14.2. The van der Waals surface area contributed by atoms with Crippen molar-refractivity contribution in [1.82, 2.24) is 15.1 Å². The topological polar surface area (TPSA) is 18.5 Å². The number of hydrogen-bond acceptors (Lipinski definition) is 3. The molecule has 1 fully saturated rings. The van der Waals surface area contributed by atoms with Crippen molar-refractivity contribution in [3.63, 3.8) is 0 Å². The van der Waals surface area contributed by atoms with Crippen molar-refractivity contribution < 1.29 is 0 Å². The fourth-order valence-electron chi connectivity index (χ4n) is 2.04. The third kappa shape index (κ3) is 7.85. The van der Waals surface area contributed by atoms with Crippen molar-refractivity contribution in [2.75, 3.05) is 46.8 Å². The maximum absolute atomic E-state index is 4.21. The number of rotatable bonds is 10.